The summed E-state index contributed by atoms with van der Waals surface area (Å²) in [7, 11) is 4.91. The van der Waals surface area contributed by atoms with Gasteiger partial charge in [0.1, 0.15) is 5.82 Å². The number of nitrogens with two attached hydrogens (primary N) is 1. The molecular weight excluding hydrogens is 391 g/mol. The molecule has 0 heterocycles. The van der Waals surface area contributed by atoms with Crippen molar-refractivity contribution in [3.8, 4) is 11.5 Å². The molecular formula is C18H20BrFN2O3. The smallest absolute Gasteiger partial charge is 0.253 e. The third kappa shape index (κ3) is 4.04. The number of carbonyl (C=O) groups is 1. The first kappa shape index (κ1) is 19.1. The monoisotopic (exact) mass is 410 g/mol. The van der Waals surface area contributed by atoms with Gasteiger partial charge in [-0.3, -0.25) is 4.79 Å². The molecule has 0 aliphatic rings. The van der Waals surface area contributed by atoms with Crippen LogP contribution in [0.2, 0.25) is 0 Å². The molecule has 0 aliphatic carbocycles. The normalized spacial score (nSPS) is 10.5. The zero-order chi connectivity index (χ0) is 18.7. The van der Waals surface area contributed by atoms with E-state index in [4.69, 9.17) is 15.2 Å². The van der Waals surface area contributed by atoms with Crippen molar-refractivity contribution in [2.45, 2.75) is 13.5 Å². The molecule has 25 heavy (non-hydrogen) atoms. The minimum absolute atomic E-state index is 0.135. The third-order valence-corrected chi connectivity index (χ3v) is 4.40. The lowest BCUT2D eigenvalue weighted by molar-refractivity contribution is 0.0997. The number of aryl methyl sites for hydroxylation is 1. The van der Waals surface area contributed by atoms with Gasteiger partial charge < -0.3 is 20.1 Å². The van der Waals surface area contributed by atoms with Crippen LogP contribution in [-0.4, -0.2) is 27.2 Å². The number of halogens is 2. The van der Waals surface area contributed by atoms with Crippen molar-refractivity contribution in [2.75, 3.05) is 26.2 Å². The number of ether oxygens (including phenoxy) is 2. The highest BCUT2D eigenvalue weighted by Gasteiger charge is 2.19. The molecule has 5 nitrogen and oxygen atoms in total. The second-order valence-electron chi connectivity index (χ2n) is 5.64. The van der Waals surface area contributed by atoms with E-state index in [1.165, 1.54) is 6.07 Å². The number of benzene rings is 2. The topological polar surface area (TPSA) is 64.8 Å². The number of hydrogen-bond acceptors (Lipinski definition) is 4. The molecule has 0 atom stereocenters. The van der Waals surface area contributed by atoms with E-state index in [0.717, 1.165) is 11.1 Å². The van der Waals surface area contributed by atoms with Gasteiger partial charge in [0.2, 0.25) is 0 Å². The van der Waals surface area contributed by atoms with Crippen molar-refractivity contribution >= 4 is 27.5 Å². The highest BCUT2D eigenvalue weighted by molar-refractivity contribution is 9.10. The maximum atomic E-state index is 14.2. The van der Waals surface area contributed by atoms with E-state index in [9.17, 15) is 9.18 Å². The molecule has 2 N–H and O–H groups in total. The fourth-order valence-electron chi connectivity index (χ4n) is 2.64. The van der Waals surface area contributed by atoms with Crippen molar-refractivity contribution in [1.29, 1.82) is 0 Å². The van der Waals surface area contributed by atoms with Crippen molar-refractivity contribution in [3.63, 3.8) is 0 Å². The Hall–Kier alpha value is -2.28. The summed E-state index contributed by atoms with van der Waals surface area (Å²) in [6, 6.07) is 6.62. The number of anilines is 1. The zero-order valence-electron chi connectivity index (χ0n) is 14.5. The number of nitrogens with zero attached hydrogens (tertiary/aromatic N) is 1. The summed E-state index contributed by atoms with van der Waals surface area (Å²) < 4.78 is 25.3. The van der Waals surface area contributed by atoms with Gasteiger partial charge in [0.25, 0.3) is 5.91 Å². The Morgan fingerprint density at radius 3 is 2.36 bits per heavy atom. The van der Waals surface area contributed by atoms with Crippen LogP contribution in [-0.2, 0) is 6.54 Å². The van der Waals surface area contributed by atoms with Crippen LogP contribution < -0.4 is 20.1 Å². The maximum absolute atomic E-state index is 14.2. The number of methoxy groups -OCH3 is 2. The van der Waals surface area contributed by atoms with E-state index in [2.05, 4.69) is 15.9 Å². The lowest BCUT2D eigenvalue weighted by Gasteiger charge is -2.24. The summed E-state index contributed by atoms with van der Waals surface area (Å²) in [6.45, 7) is 2.38. The lowest BCUT2D eigenvalue weighted by Crippen LogP contribution is -2.23. The molecule has 0 unspecified atom stereocenters. The number of hydrogen-bond donors (Lipinski definition) is 1. The van der Waals surface area contributed by atoms with Gasteiger partial charge in [0.05, 0.1) is 25.5 Å². The summed E-state index contributed by atoms with van der Waals surface area (Å²) in [6.07, 6.45) is 0. The van der Waals surface area contributed by atoms with Crippen LogP contribution in [0.5, 0.6) is 11.5 Å². The van der Waals surface area contributed by atoms with E-state index in [1.54, 1.807) is 32.2 Å². The number of amides is 1. The minimum atomic E-state index is -0.809. The molecule has 2 aromatic rings. The number of rotatable bonds is 6. The molecule has 134 valence electrons. The van der Waals surface area contributed by atoms with E-state index in [-0.39, 0.29) is 5.56 Å². The van der Waals surface area contributed by atoms with Gasteiger partial charge in [0, 0.05) is 18.1 Å². The van der Waals surface area contributed by atoms with Crippen molar-refractivity contribution in [2.24, 2.45) is 5.73 Å². The van der Waals surface area contributed by atoms with Crippen molar-refractivity contribution in [3.05, 3.63) is 51.2 Å². The van der Waals surface area contributed by atoms with Crippen LogP contribution in [0.3, 0.4) is 0 Å². The Morgan fingerprint density at radius 1 is 1.20 bits per heavy atom. The predicted octanol–water partition coefficient (Wildman–Crippen LogP) is 3.65. The molecule has 2 rings (SSSR count). The summed E-state index contributed by atoms with van der Waals surface area (Å²) in [5.41, 5.74) is 7.57. The molecule has 0 radical (unpaired) electrons. The summed E-state index contributed by atoms with van der Waals surface area (Å²) in [4.78, 5) is 13.4. The minimum Gasteiger partial charge on any atom is -0.493 e. The maximum Gasteiger partial charge on any atom is 0.253 e. The second-order valence-corrected chi connectivity index (χ2v) is 6.55. The molecule has 0 saturated carbocycles. The van der Waals surface area contributed by atoms with Crippen molar-refractivity contribution in [1.82, 2.24) is 0 Å². The average molecular weight is 411 g/mol. The Bertz CT molecular complexity index is 811. The highest BCUT2D eigenvalue weighted by Crippen LogP contribution is 2.33. The van der Waals surface area contributed by atoms with Crippen LogP contribution in [0.25, 0.3) is 0 Å². The molecule has 0 bridgehead atoms. The molecule has 0 aromatic heterocycles. The van der Waals surface area contributed by atoms with Crippen molar-refractivity contribution < 1.29 is 18.7 Å². The van der Waals surface area contributed by atoms with E-state index < -0.39 is 11.7 Å². The van der Waals surface area contributed by atoms with E-state index >= 15 is 0 Å². The first-order chi connectivity index (χ1) is 11.8. The van der Waals surface area contributed by atoms with Crippen LogP contribution in [0.4, 0.5) is 10.1 Å². The van der Waals surface area contributed by atoms with Gasteiger partial charge >= 0.3 is 0 Å². The van der Waals surface area contributed by atoms with E-state index in [0.29, 0.717) is 28.2 Å². The van der Waals surface area contributed by atoms with Crippen LogP contribution in [0.1, 0.15) is 21.5 Å². The summed E-state index contributed by atoms with van der Waals surface area (Å²) in [5, 5.41) is 0. The van der Waals surface area contributed by atoms with Gasteiger partial charge in [-0.2, -0.15) is 0 Å². The molecule has 7 heteroatoms. The summed E-state index contributed by atoms with van der Waals surface area (Å²) in [5.74, 6) is -0.228. The Morgan fingerprint density at radius 2 is 1.80 bits per heavy atom. The lowest BCUT2D eigenvalue weighted by atomic mass is 10.1. The largest absolute Gasteiger partial charge is 0.493 e. The molecule has 0 aliphatic heterocycles. The number of carbonyl (C=O) groups excluding carboxylic acids is 1. The molecule has 2 aromatic carbocycles. The highest BCUT2D eigenvalue weighted by atomic mass is 79.9. The first-order valence-corrected chi connectivity index (χ1v) is 8.29. The van der Waals surface area contributed by atoms with Crippen LogP contribution in [0, 0.1) is 12.7 Å². The molecule has 1 amide bonds. The quantitative estimate of drug-likeness (QED) is 0.788. The van der Waals surface area contributed by atoms with Crippen LogP contribution in [0.15, 0.2) is 28.7 Å². The molecule has 0 fully saturated rings. The second kappa shape index (κ2) is 7.74. The van der Waals surface area contributed by atoms with Gasteiger partial charge in [0.15, 0.2) is 11.5 Å². The van der Waals surface area contributed by atoms with E-state index in [1.807, 2.05) is 19.1 Å². The SMILES string of the molecule is COc1cc(C)c(CN(C)c2cc(Br)cc(F)c2C(N)=O)cc1OC. The average Bonchev–Trinajstić information content (AvgIpc) is 2.54. The Balaban J connectivity index is 2.44. The predicted molar refractivity (Wildman–Crippen MR) is 99.0 cm³/mol. The first-order valence-electron chi connectivity index (χ1n) is 7.50. The van der Waals surface area contributed by atoms with Crippen LogP contribution >= 0.6 is 15.9 Å². The fraction of sp³-hybridized carbons (Fsp3) is 0.278. The fourth-order valence-corrected chi connectivity index (χ4v) is 3.06. The van der Waals surface area contributed by atoms with Gasteiger partial charge in [-0.1, -0.05) is 15.9 Å². The van der Waals surface area contributed by atoms with Gasteiger partial charge in [-0.25, -0.2) is 4.39 Å². The summed E-state index contributed by atoms with van der Waals surface area (Å²) >= 11 is 3.25. The molecule has 0 saturated heterocycles. The standard InChI is InChI=1S/C18H20BrFN2O3/c1-10-5-15(24-3)16(25-4)6-11(10)9-22(2)14-8-12(19)7-13(20)17(14)18(21)23/h5-8H,9H2,1-4H3,(H2,21,23). The third-order valence-electron chi connectivity index (χ3n) is 3.94. The van der Waals surface area contributed by atoms with Gasteiger partial charge in [-0.05, 0) is 42.3 Å². The molecule has 0 spiro atoms. The Kier molecular flexibility index (Phi) is 5.89. The van der Waals surface area contributed by atoms with Gasteiger partial charge in [-0.15, -0.1) is 0 Å². The Labute approximate surface area is 154 Å². The number of primary amides is 1. The zero-order valence-corrected chi connectivity index (χ0v) is 16.1.